The molecule has 0 spiro atoms. The van der Waals surface area contributed by atoms with E-state index in [2.05, 4.69) is 33.6 Å². The summed E-state index contributed by atoms with van der Waals surface area (Å²) in [5.41, 5.74) is 4.04. The van der Waals surface area contributed by atoms with E-state index >= 15 is 0 Å². The molecule has 6 nitrogen and oxygen atoms in total. The van der Waals surface area contributed by atoms with Crippen molar-refractivity contribution < 1.29 is 4.79 Å². The molecule has 0 bridgehead atoms. The number of rotatable bonds is 6. The zero-order valence-electron chi connectivity index (χ0n) is 15.2. The monoisotopic (exact) mass is 369 g/mol. The van der Waals surface area contributed by atoms with Gasteiger partial charge in [0.25, 0.3) is 0 Å². The van der Waals surface area contributed by atoms with Crippen molar-refractivity contribution in [3.8, 4) is 11.1 Å². The Morgan fingerprint density at radius 2 is 1.96 bits per heavy atom. The molecule has 0 radical (unpaired) electrons. The highest BCUT2D eigenvalue weighted by atomic mass is 16.1. The summed E-state index contributed by atoms with van der Waals surface area (Å²) in [5, 5.41) is 8.12. The number of aldehydes is 1. The van der Waals surface area contributed by atoms with Gasteiger partial charge in [-0.2, -0.15) is 5.10 Å². The van der Waals surface area contributed by atoms with Crippen molar-refractivity contribution in [1.82, 2.24) is 19.6 Å². The maximum Gasteiger partial charge on any atom is 0.155 e. The highest BCUT2D eigenvalue weighted by Crippen LogP contribution is 2.45. The van der Waals surface area contributed by atoms with Crippen LogP contribution in [-0.4, -0.2) is 25.9 Å². The fourth-order valence-electron chi connectivity index (χ4n) is 3.51. The van der Waals surface area contributed by atoms with Crippen LogP contribution < -0.4 is 5.32 Å². The summed E-state index contributed by atoms with van der Waals surface area (Å²) in [4.78, 5) is 20.3. The minimum atomic E-state index is 0.0326. The van der Waals surface area contributed by atoms with Gasteiger partial charge in [0.1, 0.15) is 11.8 Å². The summed E-state index contributed by atoms with van der Waals surface area (Å²) < 4.78 is 1.87. The number of carbonyl (C=O) groups excluding carboxylic acids is 1. The molecule has 0 saturated heterocycles. The molecule has 1 aliphatic rings. The minimum absolute atomic E-state index is 0.0326. The standard InChI is InChI=1S/C22H19N5O/c28-14-16-12-19(16)21-25-22(24-13-17-8-4-5-10-23-17)20-18(9-11-27(20)26-21)15-6-2-1-3-7-15/h1-11,14,16,19H,12-13H2,(H,24,25,26). The highest BCUT2D eigenvalue weighted by molar-refractivity contribution is 5.88. The first-order valence-corrected chi connectivity index (χ1v) is 9.37. The van der Waals surface area contributed by atoms with Crippen LogP contribution in [0.5, 0.6) is 0 Å². The quantitative estimate of drug-likeness (QED) is 0.525. The Morgan fingerprint density at radius 3 is 2.71 bits per heavy atom. The number of pyridine rings is 1. The Hall–Kier alpha value is -3.54. The maximum absolute atomic E-state index is 11.1. The zero-order valence-corrected chi connectivity index (χ0v) is 15.2. The second-order valence-electron chi connectivity index (χ2n) is 7.02. The summed E-state index contributed by atoms with van der Waals surface area (Å²) in [5.74, 6) is 1.62. The van der Waals surface area contributed by atoms with Crippen LogP contribution >= 0.6 is 0 Å². The molecule has 3 aromatic heterocycles. The summed E-state index contributed by atoms with van der Waals surface area (Å²) in [6.07, 6.45) is 5.56. The van der Waals surface area contributed by atoms with Crippen molar-refractivity contribution in [2.45, 2.75) is 18.9 Å². The Bertz CT molecular complexity index is 1120. The van der Waals surface area contributed by atoms with Crippen LogP contribution in [0.4, 0.5) is 5.82 Å². The van der Waals surface area contributed by atoms with Crippen molar-refractivity contribution in [3.63, 3.8) is 0 Å². The van der Waals surface area contributed by atoms with E-state index in [0.29, 0.717) is 12.4 Å². The molecule has 1 saturated carbocycles. The third-order valence-corrected chi connectivity index (χ3v) is 5.12. The van der Waals surface area contributed by atoms with Gasteiger partial charge >= 0.3 is 0 Å². The number of hydrogen-bond acceptors (Lipinski definition) is 5. The molecule has 3 heterocycles. The third-order valence-electron chi connectivity index (χ3n) is 5.12. The lowest BCUT2D eigenvalue weighted by atomic mass is 10.1. The van der Waals surface area contributed by atoms with Crippen LogP contribution in [0.2, 0.25) is 0 Å². The van der Waals surface area contributed by atoms with Gasteiger partial charge in [-0.25, -0.2) is 9.50 Å². The zero-order chi connectivity index (χ0) is 18.9. The summed E-state index contributed by atoms with van der Waals surface area (Å²) in [6, 6.07) is 18.1. The van der Waals surface area contributed by atoms with Crippen LogP contribution in [0.25, 0.3) is 16.6 Å². The molecule has 2 unspecified atom stereocenters. The summed E-state index contributed by atoms with van der Waals surface area (Å²) in [7, 11) is 0. The van der Waals surface area contributed by atoms with Gasteiger partial charge in [-0.3, -0.25) is 4.98 Å². The minimum Gasteiger partial charge on any atom is -0.363 e. The molecule has 28 heavy (non-hydrogen) atoms. The van der Waals surface area contributed by atoms with Gasteiger partial charge in [-0.15, -0.1) is 0 Å². The number of hydrogen-bond donors (Lipinski definition) is 1. The maximum atomic E-state index is 11.1. The van der Waals surface area contributed by atoms with Crippen LogP contribution in [0, 0.1) is 5.92 Å². The van der Waals surface area contributed by atoms with E-state index in [4.69, 9.17) is 4.98 Å². The smallest absolute Gasteiger partial charge is 0.155 e. The van der Waals surface area contributed by atoms with Crippen molar-refractivity contribution in [1.29, 1.82) is 0 Å². The fraction of sp³-hybridized carbons (Fsp3) is 0.182. The predicted octanol–water partition coefficient (Wildman–Crippen LogP) is 3.71. The number of anilines is 1. The molecular weight excluding hydrogens is 350 g/mol. The number of aromatic nitrogens is 4. The van der Waals surface area contributed by atoms with E-state index < -0.39 is 0 Å². The van der Waals surface area contributed by atoms with Gasteiger partial charge in [0.05, 0.1) is 12.2 Å². The number of nitrogens with one attached hydrogen (secondary N) is 1. The number of fused-ring (bicyclic) bond motifs is 1. The number of benzene rings is 1. The topological polar surface area (TPSA) is 72.2 Å². The fourth-order valence-corrected chi connectivity index (χ4v) is 3.51. The molecule has 5 rings (SSSR count). The predicted molar refractivity (Wildman–Crippen MR) is 107 cm³/mol. The van der Waals surface area contributed by atoms with Crippen LogP contribution in [0.15, 0.2) is 67.0 Å². The molecule has 1 N–H and O–H groups in total. The van der Waals surface area contributed by atoms with Gasteiger partial charge in [-0.1, -0.05) is 36.4 Å². The van der Waals surface area contributed by atoms with Gasteiger partial charge in [-0.05, 0) is 30.2 Å². The lowest BCUT2D eigenvalue weighted by Crippen LogP contribution is -2.09. The second kappa shape index (κ2) is 6.88. The Kier molecular flexibility index (Phi) is 4.09. The van der Waals surface area contributed by atoms with E-state index in [0.717, 1.165) is 40.9 Å². The van der Waals surface area contributed by atoms with Crippen LogP contribution in [0.1, 0.15) is 23.9 Å². The Labute approximate surface area is 162 Å². The first-order valence-electron chi connectivity index (χ1n) is 9.37. The second-order valence-corrected chi connectivity index (χ2v) is 7.02. The molecule has 0 aliphatic heterocycles. The van der Waals surface area contributed by atoms with Crippen LogP contribution in [0.3, 0.4) is 0 Å². The van der Waals surface area contributed by atoms with Crippen molar-refractivity contribution >= 4 is 17.6 Å². The molecule has 6 heteroatoms. The number of carbonyl (C=O) groups is 1. The van der Waals surface area contributed by atoms with Gasteiger partial charge in [0.15, 0.2) is 11.6 Å². The normalized spacial score (nSPS) is 18.1. The van der Waals surface area contributed by atoms with Crippen LogP contribution in [-0.2, 0) is 11.3 Å². The van der Waals surface area contributed by atoms with Gasteiger partial charge < -0.3 is 10.1 Å². The van der Waals surface area contributed by atoms with E-state index in [9.17, 15) is 4.79 Å². The van der Waals surface area contributed by atoms with E-state index in [1.807, 2.05) is 47.1 Å². The molecule has 1 aliphatic carbocycles. The first kappa shape index (κ1) is 16.6. The van der Waals surface area contributed by atoms with E-state index in [-0.39, 0.29) is 11.8 Å². The number of nitrogens with zero attached hydrogens (tertiary/aromatic N) is 4. The summed E-state index contributed by atoms with van der Waals surface area (Å²) in [6.45, 7) is 0.564. The average molecular weight is 369 g/mol. The largest absolute Gasteiger partial charge is 0.363 e. The molecule has 2 atom stereocenters. The highest BCUT2D eigenvalue weighted by Gasteiger charge is 2.41. The van der Waals surface area contributed by atoms with E-state index in [1.54, 1.807) is 6.20 Å². The third kappa shape index (κ3) is 3.03. The van der Waals surface area contributed by atoms with Crippen molar-refractivity contribution in [3.05, 3.63) is 78.5 Å². The Morgan fingerprint density at radius 1 is 1.11 bits per heavy atom. The summed E-state index contributed by atoms with van der Waals surface area (Å²) >= 11 is 0. The molecule has 1 fully saturated rings. The SMILES string of the molecule is O=CC1CC1c1nc(NCc2ccccn2)c2c(-c3ccccc3)ccn2n1. The van der Waals surface area contributed by atoms with E-state index in [1.165, 1.54) is 0 Å². The Balaban J connectivity index is 1.59. The van der Waals surface area contributed by atoms with Gasteiger partial charge in [0.2, 0.25) is 0 Å². The van der Waals surface area contributed by atoms with Gasteiger partial charge in [0, 0.05) is 29.8 Å². The molecule has 1 aromatic carbocycles. The lowest BCUT2D eigenvalue weighted by Gasteiger charge is -2.11. The molecular formula is C22H19N5O. The lowest BCUT2D eigenvalue weighted by molar-refractivity contribution is -0.108. The van der Waals surface area contributed by atoms with Crippen molar-refractivity contribution in [2.24, 2.45) is 5.92 Å². The average Bonchev–Trinajstić information content (AvgIpc) is 3.43. The first-order chi connectivity index (χ1) is 13.8. The van der Waals surface area contributed by atoms with Crippen molar-refractivity contribution in [2.75, 3.05) is 5.32 Å². The molecule has 0 amide bonds. The molecule has 138 valence electrons. The molecule has 4 aromatic rings.